The van der Waals surface area contributed by atoms with Crippen LogP contribution in [-0.2, 0) is 4.74 Å². The number of benzene rings is 1. The monoisotopic (exact) mass is 557 g/mol. The maximum Gasteiger partial charge on any atom is 0.404 e. The molecule has 11 nitrogen and oxygen atoms in total. The van der Waals surface area contributed by atoms with Crippen molar-refractivity contribution in [3.63, 3.8) is 0 Å². The number of rotatable bonds is 11. The molecule has 12 heteroatoms. The van der Waals surface area contributed by atoms with Crippen LogP contribution in [0.2, 0.25) is 0 Å². The molecule has 1 spiro atoms. The molecular formula is C28H40FN7O4. The lowest BCUT2D eigenvalue weighted by molar-refractivity contribution is -0.0380. The van der Waals surface area contributed by atoms with Gasteiger partial charge in [-0.3, -0.25) is 9.69 Å². The first-order valence-corrected chi connectivity index (χ1v) is 13.9. The summed E-state index contributed by atoms with van der Waals surface area (Å²) < 4.78 is 25.3. The summed E-state index contributed by atoms with van der Waals surface area (Å²) in [6.07, 6.45) is 2.35. The molecule has 40 heavy (non-hydrogen) atoms. The van der Waals surface area contributed by atoms with Gasteiger partial charge in [-0.2, -0.15) is 0 Å². The highest BCUT2D eigenvalue weighted by atomic mass is 19.1. The number of anilines is 1. The van der Waals surface area contributed by atoms with Gasteiger partial charge in [0, 0.05) is 50.2 Å². The van der Waals surface area contributed by atoms with Crippen molar-refractivity contribution in [3.05, 3.63) is 35.9 Å². The fraction of sp³-hybridized carbons (Fsp3) is 0.607. The van der Waals surface area contributed by atoms with Crippen molar-refractivity contribution in [2.75, 3.05) is 44.2 Å². The summed E-state index contributed by atoms with van der Waals surface area (Å²) in [6.45, 7) is 14.2. The minimum atomic E-state index is -0.745. The molecule has 2 aromatic rings. The highest BCUT2D eigenvalue weighted by Crippen LogP contribution is 2.44. The number of carbonyl (C=O) groups is 2. The molecule has 2 fully saturated rings. The molecule has 0 unspecified atom stereocenters. The average Bonchev–Trinajstić information content (AvgIpc) is 3.33. The number of likely N-dealkylation sites (tertiary alicyclic amines) is 1. The molecule has 0 radical (unpaired) electrons. The fourth-order valence-electron chi connectivity index (χ4n) is 5.94. The Hall–Kier alpha value is -3.54. The number of hydrogen-bond acceptors (Lipinski definition) is 9. The lowest BCUT2D eigenvalue weighted by Gasteiger charge is -2.52. The molecule has 4 rings (SSSR count). The lowest BCUT2D eigenvalue weighted by atomic mass is 9.76. The van der Waals surface area contributed by atoms with Gasteiger partial charge in [0.05, 0.1) is 12.2 Å². The first kappa shape index (κ1) is 29.4. The van der Waals surface area contributed by atoms with E-state index < -0.39 is 11.9 Å². The normalized spacial score (nSPS) is 17.2. The van der Waals surface area contributed by atoms with E-state index in [0.29, 0.717) is 30.9 Å². The topological polar surface area (TPSA) is 127 Å². The van der Waals surface area contributed by atoms with Gasteiger partial charge in [0.1, 0.15) is 17.9 Å². The Morgan fingerprint density at radius 2 is 1.95 bits per heavy atom. The molecule has 1 aromatic carbocycles. The van der Waals surface area contributed by atoms with Crippen molar-refractivity contribution < 1.29 is 23.5 Å². The molecule has 2 aliphatic heterocycles. The first-order valence-electron chi connectivity index (χ1n) is 13.9. The van der Waals surface area contributed by atoms with Crippen LogP contribution in [0.5, 0.6) is 11.6 Å². The molecule has 2 aliphatic rings. The maximum absolute atomic E-state index is 14.2. The average molecular weight is 558 g/mol. The predicted molar refractivity (Wildman–Crippen MR) is 148 cm³/mol. The molecule has 218 valence electrons. The summed E-state index contributed by atoms with van der Waals surface area (Å²) in [6, 6.07) is 4.13. The SMILES string of the molecule is CCN(C(=O)c1cc(F)ccc1Oc1nncnc1N1CCC2(C1)CN([C@@H](CCOC(N)=O)C(C)C)C2)C(C)C. The van der Waals surface area contributed by atoms with Crippen LogP contribution < -0.4 is 15.4 Å². The Kier molecular flexibility index (Phi) is 9.07. The van der Waals surface area contributed by atoms with Gasteiger partial charge in [-0.25, -0.2) is 14.2 Å². The molecule has 1 aromatic heterocycles. The molecule has 1 atom stereocenters. The zero-order valence-electron chi connectivity index (χ0n) is 24.0. The number of aromatic nitrogens is 3. The van der Waals surface area contributed by atoms with E-state index >= 15 is 0 Å². The van der Waals surface area contributed by atoms with Crippen molar-refractivity contribution in [1.29, 1.82) is 0 Å². The van der Waals surface area contributed by atoms with Crippen molar-refractivity contribution in [2.24, 2.45) is 17.1 Å². The number of amides is 2. The van der Waals surface area contributed by atoms with E-state index in [9.17, 15) is 14.0 Å². The Labute approximate surface area is 234 Å². The summed E-state index contributed by atoms with van der Waals surface area (Å²) in [4.78, 5) is 35.0. The second-order valence-corrected chi connectivity index (χ2v) is 11.4. The lowest BCUT2D eigenvalue weighted by Crippen LogP contribution is -2.62. The molecule has 3 heterocycles. The van der Waals surface area contributed by atoms with E-state index in [1.54, 1.807) is 4.90 Å². The van der Waals surface area contributed by atoms with Crippen LogP contribution in [0.3, 0.4) is 0 Å². The Bertz CT molecular complexity index is 1200. The van der Waals surface area contributed by atoms with E-state index in [-0.39, 0.29) is 34.6 Å². The Balaban J connectivity index is 1.48. The van der Waals surface area contributed by atoms with Gasteiger partial charge in [0.15, 0.2) is 5.82 Å². The molecule has 2 amide bonds. The first-order chi connectivity index (χ1) is 19.0. The number of nitrogens with two attached hydrogens (primary N) is 1. The summed E-state index contributed by atoms with van der Waals surface area (Å²) >= 11 is 0. The highest BCUT2D eigenvalue weighted by Gasteiger charge is 2.50. The van der Waals surface area contributed by atoms with Crippen LogP contribution in [-0.4, -0.2) is 88.4 Å². The highest BCUT2D eigenvalue weighted by molar-refractivity contribution is 5.97. The third kappa shape index (κ3) is 6.43. The van der Waals surface area contributed by atoms with Crippen molar-refractivity contribution >= 4 is 17.8 Å². The smallest absolute Gasteiger partial charge is 0.404 e. The van der Waals surface area contributed by atoms with Crippen molar-refractivity contribution in [2.45, 2.75) is 59.5 Å². The number of nitrogens with zero attached hydrogens (tertiary/aromatic N) is 6. The fourth-order valence-corrected chi connectivity index (χ4v) is 5.94. The van der Waals surface area contributed by atoms with E-state index in [2.05, 4.69) is 38.8 Å². The number of ether oxygens (including phenoxy) is 2. The van der Waals surface area contributed by atoms with Gasteiger partial charge < -0.3 is 25.0 Å². The number of carbonyl (C=O) groups excluding carboxylic acids is 2. The van der Waals surface area contributed by atoms with E-state index in [1.807, 2.05) is 20.8 Å². The second-order valence-electron chi connectivity index (χ2n) is 11.4. The maximum atomic E-state index is 14.2. The molecule has 0 bridgehead atoms. The molecule has 2 N–H and O–H groups in total. The van der Waals surface area contributed by atoms with Gasteiger partial charge in [-0.1, -0.05) is 13.8 Å². The van der Waals surface area contributed by atoms with Crippen LogP contribution in [0.15, 0.2) is 24.5 Å². The van der Waals surface area contributed by atoms with Crippen molar-refractivity contribution in [3.8, 4) is 11.6 Å². The molecule has 0 saturated carbocycles. The van der Waals surface area contributed by atoms with E-state index in [1.165, 1.54) is 24.5 Å². The van der Waals surface area contributed by atoms with Gasteiger partial charge in [-0.05, 0) is 57.7 Å². The predicted octanol–water partition coefficient (Wildman–Crippen LogP) is 3.70. The van der Waals surface area contributed by atoms with Gasteiger partial charge in [0.25, 0.3) is 11.8 Å². The van der Waals surface area contributed by atoms with Crippen LogP contribution in [0.25, 0.3) is 0 Å². The quantitative estimate of drug-likeness (QED) is 0.440. The van der Waals surface area contributed by atoms with Crippen LogP contribution >= 0.6 is 0 Å². The minimum absolute atomic E-state index is 0.0591. The van der Waals surface area contributed by atoms with Gasteiger partial charge in [-0.15, -0.1) is 10.2 Å². The zero-order valence-corrected chi connectivity index (χ0v) is 24.0. The third-order valence-corrected chi connectivity index (χ3v) is 7.89. The largest absolute Gasteiger partial charge is 0.450 e. The molecular weight excluding hydrogens is 517 g/mol. The van der Waals surface area contributed by atoms with Crippen LogP contribution in [0.1, 0.15) is 57.8 Å². The minimum Gasteiger partial charge on any atom is -0.450 e. The number of halogens is 1. The van der Waals surface area contributed by atoms with Crippen LogP contribution in [0.4, 0.5) is 15.0 Å². The summed E-state index contributed by atoms with van der Waals surface area (Å²) in [7, 11) is 0. The summed E-state index contributed by atoms with van der Waals surface area (Å²) in [5.74, 6) is 0.484. The Morgan fingerprint density at radius 3 is 2.60 bits per heavy atom. The van der Waals surface area contributed by atoms with Crippen LogP contribution in [0, 0.1) is 17.2 Å². The molecule has 0 aliphatic carbocycles. The summed E-state index contributed by atoms with van der Waals surface area (Å²) in [5.41, 5.74) is 5.35. The number of hydrogen-bond donors (Lipinski definition) is 1. The van der Waals surface area contributed by atoms with Gasteiger partial charge in [0.2, 0.25) is 0 Å². The van der Waals surface area contributed by atoms with E-state index in [4.69, 9.17) is 15.2 Å². The van der Waals surface area contributed by atoms with E-state index in [0.717, 1.165) is 39.0 Å². The Morgan fingerprint density at radius 1 is 1.20 bits per heavy atom. The summed E-state index contributed by atoms with van der Waals surface area (Å²) in [5, 5.41) is 8.11. The zero-order chi connectivity index (χ0) is 29.0. The standard InChI is InChI=1S/C28H40FN7O4/c1-6-36(19(4)5)26(37)21-13-20(29)7-8-23(21)40-25-24(31-17-32-33-25)34-11-10-28(14-34)15-35(16-28)22(18(2)3)9-12-39-27(30)38/h7-8,13,17-19,22H,6,9-12,14-16H2,1-5H3,(H2,30,38)/t22-/m0/s1. The third-order valence-electron chi connectivity index (χ3n) is 7.89. The van der Waals surface area contributed by atoms with Gasteiger partial charge >= 0.3 is 6.09 Å². The number of primary amides is 1. The second kappa shape index (κ2) is 12.3. The molecule has 2 saturated heterocycles. The van der Waals surface area contributed by atoms with Crippen molar-refractivity contribution in [1.82, 2.24) is 25.0 Å².